The van der Waals surface area contributed by atoms with Crippen LogP contribution < -0.4 is 4.74 Å². The molecule has 1 aliphatic carbocycles. The van der Waals surface area contributed by atoms with Crippen molar-refractivity contribution in [1.82, 2.24) is 0 Å². The lowest BCUT2D eigenvalue weighted by atomic mass is 9.76. The lowest BCUT2D eigenvalue weighted by Gasteiger charge is -2.29. The van der Waals surface area contributed by atoms with E-state index in [1.165, 1.54) is 74.9 Å². The zero-order valence-electron chi connectivity index (χ0n) is 19.9. The number of hydrogen-bond acceptors (Lipinski definition) is 1. The Morgan fingerprint density at radius 3 is 2.06 bits per heavy atom. The van der Waals surface area contributed by atoms with Gasteiger partial charge in [-0.1, -0.05) is 57.6 Å². The standard InChI is InChI=1S/C28H35F5O/c1-2-3-4-5-6-7-20-8-12-22(13-9-20)23-17-26(29)25(27(30)18-23)16-21-10-14-24(15-11-21)34-19-28(31,32)33/h10-11,14-15,17-18,20,22H,2-9,12-13,16,19H2,1H3. The van der Waals surface area contributed by atoms with Crippen LogP contribution in [0.1, 0.15) is 93.7 Å². The zero-order chi connectivity index (χ0) is 24.6. The summed E-state index contributed by atoms with van der Waals surface area (Å²) in [6.07, 6.45) is 7.50. The van der Waals surface area contributed by atoms with Crippen molar-refractivity contribution in [3.8, 4) is 5.75 Å². The Kier molecular flexibility index (Phi) is 9.78. The van der Waals surface area contributed by atoms with Gasteiger partial charge in [-0.3, -0.25) is 0 Å². The van der Waals surface area contributed by atoms with Crippen molar-refractivity contribution in [2.24, 2.45) is 5.92 Å². The summed E-state index contributed by atoms with van der Waals surface area (Å²) in [5.41, 5.74) is 1.31. The fraction of sp³-hybridized carbons (Fsp3) is 0.571. The molecule has 6 heteroatoms. The molecule has 1 fully saturated rings. The highest BCUT2D eigenvalue weighted by molar-refractivity contribution is 5.35. The van der Waals surface area contributed by atoms with Gasteiger partial charge >= 0.3 is 6.18 Å². The number of ether oxygens (including phenoxy) is 1. The summed E-state index contributed by atoms with van der Waals surface area (Å²) in [7, 11) is 0. The average molecular weight is 483 g/mol. The SMILES string of the molecule is CCCCCCCC1CCC(c2cc(F)c(Cc3ccc(OCC(F)(F)F)cc3)c(F)c2)CC1. The van der Waals surface area contributed by atoms with Gasteiger partial charge in [0.1, 0.15) is 17.4 Å². The predicted octanol–water partition coefficient (Wildman–Crippen LogP) is 9.13. The molecule has 3 rings (SSSR count). The van der Waals surface area contributed by atoms with E-state index in [2.05, 4.69) is 11.7 Å². The minimum atomic E-state index is -4.42. The lowest BCUT2D eigenvalue weighted by molar-refractivity contribution is -0.153. The van der Waals surface area contributed by atoms with Gasteiger partial charge in [0.2, 0.25) is 0 Å². The largest absolute Gasteiger partial charge is 0.484 e. The normalized spacial score (nSPS) is 18.8. The van der Waals surface area contributed by atoms with E-state index in [1.54, 1.807) is 0 Å². The molecule has 34 heavy (non-hydrogen) atoms. The second kappa shape index (κ2) is 12.6. The van der Waals surface area contributed by atoms with Crippen LogP contribution in [0.2, 0.25) is 0 Å². The molecule has 0 N–H and O–H groups in total. The molecule has 0 bridgehead atoms. The lowest BCUT2D eigenvalue weighted by Crippen LogP contribution is -2.19. The Morgan fingerprint density at radius 2 is 1.47 bits per heavy atom. The maximum atomic E-state index is 14.8. The van der Waals surface area contributed by atoms with Crippen LogP contribution >= 0.6 is 0 Å². The highest BCUT2D eigenvalue weighted by atomic mass is 19.4. The van der Waals surface area contributed by atoms with Crippen LogP contribution in [-0.2, 0) is 6.42 Å². The van der Waals surface area contributed by atoms with Gasteiger partial charge in [0.05, 0.1) is 0 Å². The van der Waals surface area contributed by atoms with Crippen LogP contribution in [0.4, 0.5) is 22.0 Å². The topological polar surface area (TPSA) is 9.23 Å². The van der Waals surface area contributed by atoms with E-state index in [0.29, 0.717) is 5.56 Å². The predicted molar refractivity (Wildman–Crippen MR) is 125 cm³/mol. The first-order chi connectivity index (χ1) is 16.2. The Morgan fingerprint density at radius 1 is 0.853 bits per heavy atom. The van der Waals surface area contributed by atoms with Crippen LogP contribution in [0.25, 0.3) is 0 Å². The number of alkyl halides is 3. The van der Waals surface area contributed by atoms with E-state index in [-0.39, 0.29) is 23.7 Å². The van der Waals surface area contributed by atoms with Gasteiger partial charge in [0.15, 0.2) is 6.61 Å². The van der Waals surface area contributed by atoms with Crippen molar-refractivity contribution in [3.05, 3.63) is 64.7 Å². The molecule has 2 aromatic rings. The van der Waals surface area contributed by atoms with E-state index in [9.17, 15) is 22.0 Å². The molecular weight excluding hydrogens is 447 g/mol. The van der Waals surface area contributed by atoms with Gasteiger partial charge in [-0.25, -0.2) is 8.78 Å². The molecular formula is C28H35F5O. The Balaban J connectivity index is 1.53. The maximum Gasteiger partial charge on any atom is 0.422 e. The molecule has 1 aliphatic rings. The quantitative estimate of drug-likeness (QED) is 0.229. The van der Waals surface area contributed by atoms with Crippen LogP contribution in [0.3, 0.4) is 0 Å². The summed E-state index contributed by atoms with van der Waals surface area (Å²) in [6, 6.07) is 8.76. The summed E-state index contributed by atoms with van der Waals surface area (Å²) < 4.78 is 71.1. The molecule has 0 radical (unpaired) electrons. The van der Waals surface area contributed by atoms with E-state index in [0.717, 1.165) is 37.2 Å². The Labute approximate surface area is 199 Å². The first-order valence-corrected chi connectivity index (χ1v) is 12.5. The Bertz CT molecular complexity index is 860. The third kappa shape index (κ3) is 8.28. The summed E-state index contributed by atoms with van der Waals surface area (Å²) in [5, 5.41) is 0. The van der Waals surface area contributed by atoms with Gasteiger partial charge in [0, 0.05) is 12.0 Å². The monoisotopic (exact) mass is 482 g/mol. The average Bonchev–Trinajstić information content (AvgIpc) is 2.80. The van der Waals surface area contributed by atoms with E-state index in [1.807, 2.05) is 0 Å². The fourth-order valence-corrected chi connectivity index (χ4v) is 4.92. The number of halogens is 5. The smallest absolute Gasteiger partial charge is 0.422 e. The molecule has 1 nitrogen and oxygen atoms in total. The van der Waals surface area contributed by atoms with Gasteiger partial charge in [-0.2, -0.15) is 13.2 Å². The third-order valence-electron chi connectivity index (χ3n) is 6.90. The number of rotatable bonds is 11. The van der Waals surface area contributed by atoms with Crippen molar-refractivity contribution in [2.75, 3.05) is 6.61 Å². The van der Waals surface area contributed by atoms with Crippen LogP contribution in [0.5, 0.6) is 5.75 Å². The fourth-order valence-electron chi connectivity index (χ4n) is 4.92. The van der Waals surface area contributed by atoms with Crippen molar-refractivity contribution in [2.45, 2.75) is 89.6 Å². The molecule has 0 saturated heterocycles. The van der Waals surface area contributed by atoms with Crippen molar-refractivity contribution < 1.29 is 26.7 Å². The molecule has 0 atom stereocenters. The Hall–Kier alpha value is -2.11. The summed E-state index contributed by atoms with van der Waals surface area (Å²) in [6.45, 7) is 0.843. The number of hydrogen-bond donors (Lipinski definition) is 0. The number of unbranched alkanes of at least 4 members (excludes halogenated alkanes) is 4. The molecule has 0 amide bonds. The minimum Gasteiger partial charge on any atom is -0.484 e. The highest BCUT2D eigenvalue weighted by Crippen LogP contribution is 2.39. The zero-order valence-corrected chi connectivity index (χ0v) is 19.9. The second-order valence-electron chi connectivity index (χ2n) is 9.61. The second-order valence-corrected chi connectivity index (χ2v) is 9.61. The van der Waals surface area contributed by atoms with Crippen LogP contribution in [0, 0.1) is 17.6 Å². The van der Waals surface area contributed by atoms with Gasteiger partial charge in [-0.15, -0.1) is 0 Å². The van der Waals surface area contributed by atoms with Crippen molar-refractivity contribution in [3.63, 3.8) is 0 Å². The first-order valence-electron chi connectivity index (χ1n) is 12.5. The molecule has 188 valence electrons. The van der Waals surface area contributed by atoms with Gasteiger partial charge < -0.3 is 4.74 Å². The number of benzene rings is 2. The van der Waals surface area contributed by atoms with E-state index >= 15 is 0 Å². The van der Waals surface area contributed by atoms with Crippen LogP contribution in [0.15, 0.2) is 36.4 Å². The molecule has 0 unspecified atom stereocenters. The van der Waals surface area contributed by atoms with E-state index < -0.39 is 24.4 Å². The van der Waals surface area contributed by atoms with Gasteiger partial charge in [0.25, 0.3) is 0 Å². The van der Waals surface area contributed by atoms with Crippen molar-refractivity contribution in [1.29, 1.82) is 0 Å². The summed E-state index contributed by atoms with van der Waals surface area (Å²) in [4.78, 5) is 0. The van der Waals surface area contributed by atoms with Crippen LogP contribution in [-0.4, -0.2) is 12.8 Å². The highest BCUT2D eigenvalue weighted by Gasteiger charge is 2.28. The van der Waals surface area contributed by atoms with Crippen molar-refractivity contribution >= 4 is 0 Å². The molecule has 0 aromatic heterocycles. The van der Waals surface area contributed by atoms with Gasteiger partial charge in [-0.05, 0) is 72.9 Å². The first kappa shape index (κ1) is 26.5. The molecule has 2 aromatic carbocycles. The van der Waals surface area contributed by atoms with E-state index in [4.69, 9.17) is 0 Å². The summed E-state index contributed by atoms with van der Waals surface area (Å²) >= 11 is 0. The molecule has 0 aliphatic heterocycles. The maximum absolute atomic E-state index is 14.8. The minimum absolute atomic E-state index is 0.0199. The molecule has 1 saturated carbocycles. The molecule has 0 spiro atoms. The third-order valence-corrected chi connectivity index (χ3v) is 6.90. The molecule has 0 heterocycles. The summed E-state index contributed by atoms with van der Waals surface area (Å²) in [5.74, 6) is -0.140.